The predicted molar refractivity (Wildman–Crippen MR) is 67.3 cm³/mol. The van der Waals surface area contributed by atoms with Crippen molar-refractivity contribution in [3.63, 3.8) is 0 Å². The van der Waals surface area contributed by atoms with Crippen molar-refractivity contribution in [1.82, 2.24) is 0 Å². The van der Waals surface area contributed by atoms with Gasteiger partial charge < -0.3 is 19.7 Å². The Morgan fingerprint density at radius 2 is 1.68 bits per heavy atom. The Hall–Kier alpha value is -0.573. The van der Waals surface area contributed by atoms with Crippen LogP contribution in [0.1, 0.15) is 20.8 Å². The summed E-state index contributed by atoms with van der Waals surface area (Å²) in [6.45, 7) is 7.44. The molecule has 0 heterocycles. The van der Waals surface area contributed by atoms with Crippen molar-refractivity contribution in [3.8, 4) is 0 Å². The van der Waals surface area contributed by atoms with Crippen molar-refractivity contribution in [3.05, 3.63) is 0 Å². The van der Waals surface area contributed by atoms with Crippen molar-refractivity contribution >= 4 is 14.3 Å². The van der Waals surface area contributed by atoms with E-state index >= 15 is 0 Å². The van der Waals surface area contributed by atoms with Gasteiger partial charge in [0.05, 0.1) is 6.61 Å². The van der Waals surface area contributed by atoms with E-state index in [2.05, 4.69) is 0 Å². The Balaban J connectivity index is 5.02. The van der Waals surface area contributed by atoms with E-state index in [1.807, 2.05) is 0 Å². The van der Waals surface area contributed by atoms with Crippen LogP contribution in [-0.2, 0) is 9.22 Å². The minimum atomic E-state index is -4.27. The number of aliphatic hydroxyl groups excluding tert-OH is 3. The molecule has 114 valence electrons. The molecule has 19 heavy (non-hydrogen) atoms. The van der Waals surface area contributed by atoms with Crippen LogP contribution in [0.15, 0.2) is 0 Å². The number of carbonyl (C=O) groups excluding carboxylic acids is 1. The second-order valence-electron chi connectivity index (χ2n) is 5.97. The average Bonchev–Trinajstić information content (AvgIpc) is 2.24. The molecule has 0 spiro atoms. The first-order chi connectivity index (χ1) is 8.27. The van der Waals surface area contributed by atoms with Crippen LogP contribution in [0.2, 0.25) is 18.1 Å². The molecule has 0 aromatic carbocycles. The number of halogens is 2. The topological polar surface area (TPSA) is 87.0 Å². The lowest BCUT2D eigenvalue weighted by atomic mass is 10.1. The van der Waals surface area contributed by atoms with E-state index in [4.69, 9.17) is 14.6 Å². The van der Waals surface area contributed by atoms with E-state index in [0.717, 1.165) is 0 Å². The van der Waals surface area contributed by atoms with Crippen molar-refractivity contribution < 1.29 is 33.3 Å². The molecule has 5 nitrogen and oxygen atoms in total. The molecule has 0 radical (unpaired) electrons. The summed E-state index contributed by atoms with van der Waals surface area (Å²) in [5.74, 6) is -6.14. The number of hydrogen-bond donors (Lipinski definition) is 3. The molecule has 0 saturated carbocycles. The third-order valence-corrected chi connectivity index (χ3v) is 7.66. The molecule has 0 aliphatic carbocycles. The maximum Gasteiger partial charge on any atom is 0.369 e. The summed E-state index contributed by atoms with van der Waals surface area (Å²) in [5, 5.41) is 26.2. The minimum absolute atomic E-state index is 0.459. The molecule has 0 unspecified atom stereocenters. The Labute approximate surface area is 112 Å². The van der Waals surface area contributed by atoms with Crippen LogP contribution in [-0.4, -0.2) is 54.3 Å². The monoisotopic (exact) mass is 300 g/mol. The molecule has 2 atom stereocenters. The minimum Gasteiger partial charge on any atom is -0.515 e. The van der Waals surface area contributed by atoms with Gasteiger partial charge in [-0.05, 0) is 18.1 Å². The normalized spacial score (nSPS) is 16.9. The number of rotatable bonds is 5. The van der Waals surface area contributed by atoms with Gasteiger partial charge in [-0.2, -0.15) is 8.78 Å². The highest BCUT2D eigenvalue weighted by Gasteiger charge is 2.54. The summed E-state index contributed by atoms with van der Waals surface area (Å²) < 4.78 is 32.1. The van der Waals surface area contributed by atoms with Crippen LogP contribution < -0.4 is 0 Å². The Morgan fingerprint density at radius 3 is 2.00 bits per heavy atom. The van der Waals surface area contributed by atoms with Crippen LogP contribution in [0.25, 0.3) is 0 Å². The van der Waals surface area contributed by atoms with Gasteiger partial charge in [-0.15, -0.1) is 0 Å². The van der Waals surface area contributed by atoms with Gasteiger partial charge in [0, 0.05) is 0 Å². The van der Waals surface area contributed by atoms with Crippen LogP contribution >= 0.6 is 0 Å². The standard InChI is InChI=1S/C11H22F2O5Si/c1-10(2,3)19(4,5)18-9(17)11(12,13)8(16)7(15)6-14/h7-8,14-16H,6H2,1-5H3/t7-,8-/m1/s1. The lowest BCUT2D eigenvalue weighted by Gasteiger charge is -2.37. The summed E-state index contributed by atoms with van der Waals surface area (Å²) in [4.78, 5) is 11.5. The lowest BCUT2D eigenvalue weighted by Crippen LogP contribution is -2.54. The first kappa shape index (κ1) is 18.4. The van der Waals surface area contributed by atoms with Gasteiger partial charge in [0.25, 0.3) is 8.32 Å². The highest BCUT2D eigenvalue weighted by Crippen LogP contribution is 2.38. The van der Waals surface area contributed by atoms with E-state index in [-0.39, 0.29) is 0 Å². The maximum absolute atomic E-state index is 13.6. The Kier molecular flexibility index (Phi) is 5.64. The zero-order valence-corrected chi connectivity index (χ0v) is 12.8. The molecular formula is C11H22F2O5Si. The van der Waals surface area contributed by atoms with Gasteiger partial charge >= 0.3 is 11.9 Å². The molecule has 0 aromatic heterocycles. The highest BCUT2D eigenvalue weighted by molar-refractivity contribution is 6.75. The Bertz CT molecular complexity index is 328. The number of alkyl halides is 2. The van der Waals surface area contributed by atoms with Gasteiger partial charge in [0.15, 0.2) is 6.10 Å². The Morgan fingerprint density at radius 1 is 1.26 bits per heavy atom. The smallest absolute Gasteiger partial charge is 0.369 e. The second-order valence-corrected chi connectivity index (χ2v) is 10.7. The average molecular weight is 300 g/mol. The highest BCUT2D eigenvalue weighted by atomic mass is 28.4. The fourth-order valence-corrected chi connectivity index (χ4v) is 1.82. The molecular weight excluding hydrogens is 278 g/mol. The summed E-state index contributed by atoms with van der Waals surface area (Å²) in [5.41, 5.74) is 0. The van der Waals surface area contributed by atoms with Crippen LogP contribution in [0.5, 0.6) is 0 Å². The molecule has 0 rings (SSSR count). The summed E-state index contributed by atoms with van der Waals surface area (Å²) >= 11 is 0. The molecule has 0 aromatic rings. The summed E-state index contributed by atoms with van der Waals surface area (Å²) in [7, 11) is -2.75. The van der Waals surface area contributed by atoms with Crippen LogP contribution in [0.4, 0.5) is 8.78 Å². The summed E-state index contributed by atoms with van der Waals surface area (Å²) in [6, 6.07) is 0. The lowest BCUT2D eigenvalue weighted by molar-refractivity contribution is -0.194. The number of carbonyl (C=O) groups is 1. The first-order valence-electron chi connectivity index (χ1n) is 5.85. The third kappa shape index (κ3) is 4.20. The first-order valence-corrected chi connectivity index (χ1v) is 8.76. The van der Waals surface area contributed by atoms with Gasteiger partial charge in [-0.25, -0.2) is 4.79 Å². The molecule has 0 saturated heterocycles. The van der Waals surface area contributed by atoms with Gasteiger partial charge in [0.1, 0.15) is 6.10 Å². The molecule has 0 fully saturated rings. The largest absolute Gasteiger partial charge is 0.515 e. The van der Waals surface area contributed by atoms with Crippen molar-refractivity contribution in [2.24, 2.45) is 0 Å². The van der Waals surface area contributed by atoms with Gasteiger partial charge in [-0.3, -0.25) is 0 Å². The zero-order chi connectivity index (χ0) is 15.6. The molecule has 0 aliphatic rings. The molecule has 8 heteroatoms. The zero-order valence-electron chi connectivity index (χ0n) is 11.8. The molecule has 0 amide bonds. The van der Waals surface area contributed by atoms with Crippen molar-refractivity contribution in [2.75, 3.05) is 6.61 Å². The SMILES string of the molecule is CC(C)(C)[Si](C)(C)OC(=O)C(F)(F)[C@H](O)[C@H](O)CO. The van der Waals surface area contributed by atoms with E-state index in [1.165, 1.54) is 0 Å². The van der Waals surface area contributed by atoms with Crippen molar-refractivity contribution in [1.29, 1.82) is 0 Å². The summed E-state index contributed by atoms with van der Waals surface area (Å²) in [6.07, 6.45) is -4.81. The third-order valence-electron chi connectivity index (χ3n) is 3.35. The van der Waals surface area contributed by atoms with Crippen LogP contribution in [0.3, 0.4) is 0 Å². The van der Waals surface area contributed by atoms with E-state index in [9.17, 15) is 18.7 Å². The van der Waals surface area contributed by atoms with E-state index in [0.29, 0.717) is 0 Å². The number of aliphatic hydroxyl groups is 3. The van der Waals surface area contributed by atoms with Gasteiger partial charge in [0.2, 0.25) is 0 Å². The van der Waals surface area contributed by atoms with Crippen LogP contribution in [0, 0.1) is 0 Å². The fraction of sp³-hybridized carbons (Fsp3) is 0.909. The molecule has 0 aliphatic heterocycles. The fourth-order valence-electron chi connectivity index (χ4n) is 0.915. The van der Waals surface area contributed by atoms with Gasteiger partial charge in [-0.1, -0.05) is 20.8 Å². The van der Waals surface area contributed by atoms with Crippen molar-refractivity contribution in [2.45, 2.75) is 57.0 Å². The molecule has 0 bridgehead atoms. The quantitative estimate of drug-likeness (QED) is 0.656. The number of hydrogen-bond acceptors (Lipinski definition) is 5. The second kappa shape index (κ2) is 5.82. The van der Waals surface area contributed by atoms with E-state index < -0.39 is 44.1 Å². The molecule has 3 N–H and O–H groups in total. The van der Waals surface area contributed by atoms with E-state index in [1.54, 1.807) is 33.9 Å². The maximum atomic E-state index is 13.6. The predicted octanol–water partition coefficient (Wildman–Crippen LogP) is 0.884.